The van der Waals surface area contributed by atoms with Crippen LogP contribution in [-0.4, -0.2) is 14.6 Å². The van der Waals surface area contributed by atoms with Gasteiger partial charge in [0.05, 0.1) is 5.69 Å². The van der Waals surface area contributed by atoms with Crippen LogP contribution >= 0.6 is 11.3 Å². The van der Waals surface area contributed by atoms with E-state index in [1.165, 1.54) is 11.1 Å². The summed E-state index contributed by atoms with van der Waals surface area (Å²) in [5.41, 5.74) is 4.66. The average Bonchev–Trinajstić information content (AvgIpc) is 3.11. The van der Waals surface area contributed by atoms with Crippen LogP contribution in [0.4, 0.5) is 0 Å². The summed E-state index contributed by atoms with van der Waals surface area (Å²) >= 11 is 1.62. The maximum absolute atomic E-state index is 4.35. The lowest BCUT2D eigenvalue weighted by Crippen LogP contribution is -1.90. The Morgan fingerprint density at radius 3 is 2.38 bits per heavy atom. The molecule has 2 heterocycles. The minimum absolute atomic E-state index is 0.891. The van der Waals surface area contributed by atoms with Crippen LogP contribution < -0.4 is 0 Å². The van der Waals surface area contributed by atoms with Gasteiger partial charge < -0.3 is 0 Å². The first-order valence-corrected chi connectivity index (χ1v) is 7.66. The Morgan fingerprint density at radius 1 is 0.857 bits per heavy atom. The van der Waals surface area contributed by atoms with Crippen LogP contribution in [-0.2, 0) is 0 Å². The molecular weight excluding hydrogens is 278 g/mol. The Labute approximate surface area is 126 Å². The van der Waals surface area contributed by atoms with Crippen molar-refractivity contribution in [3.8, 4) is 22.6 Å². The van der Waals surface area contributed by atoms with Crippen molar-refractivity contribution in [1.82, 2.24) is 14.6 Å². The fourth-order valence-corrected chi connectivity index (χ4v) is 3.26. The molecule has 3 nitrogen and oxygen atoms in total. The van der Waals surface area contributed by atoms with E-state index in [2.05, 4.69) is 63.3 Å². The molecule has 2 aromatic heterocycles. The summed E-state index contributed by atoms with van der Waals surface area (Å²) in [4.78, 5) is 0.921. The molecule has 0 bridgehead atoms. The van der Waals surface area contributed by atoms with Crippen molar-refractivity contribution in [2.24, 2.45) is 0 Å². The van der Waals surface area contributed by atoms with Crippen LogP contribution in [0.3, 0.4) is 0 Å². The molecule has 0 radical (unpaired) electrons. The highest BCUT2D eigenvalue weighted by Gasteiger charge is 2.14. The number of thiazole rings is 1. The molecule has 4 rings (SSSR count). The van der Waals surface area contributed by atoms with Crippen molar-refractivity contribution >= 4 is 16.3 Å². The number of aryl methyl sites for hydroxylation is 1. The smallest absolute Gasteiger partial charge is 0.216 e. The first-order chi connectivity index (χ1) is 10.3. The van der Waals surface area contributed by atoms with Crippen LogP contribution in [0.2, 0.25) is 0 Å². The first-order valence-electron chi connectivity index (χ1n) is 6.78. The molecule has 0 aliphatic heterocycles. The molecule has 4 aromatic rings. The maximum Gasteiger partial charge on any atom is 0.216 e. The lowest BCUT2D eigenvalue weighted by Gasteiger charge is -2.03. The normalized spacial score (nSPS) is 11.1. The van der Waals surface area contributed by atoms with E-state index in [1.54, 1.807) is 11.3 Å². The van der Waals surface area contributed by atoms with Crippen molar-refractivity contribution < 1.29 is 0 Å². The maximum atomic E-state index is 4.35. The van der Waals surface area contributed by atoms with E-state index in [9.17, 15) is 0 Å². The number of hydrogen-bond donors (Lipinski definition) is 0. The van der Waals surface area contributed by atoms with Crippen molar-refractivity contribution in [2.75, 3.05) is 0 Å². The number of nitrogens with zero attached hydrogens (tertiary/aromatic N) is 3. The Bertz CT molecular complexity index is 889. The first kappa shape index (κ1) is 12.3. The van der Waals surface area contributed by atoms with E-state index in [0.717, 1.165) is 22.0 Å². The van der Waals surface area contributed by atoms with Gasteiger partial charge >= 0.3 is 0 Å². The van der Waals surface area contributed by atoms with Crippen LogP contribution in [0.5, 0.6) is 0 Å². The van der Waals surface area contributed by atoms with Gasteiger partial charge in [-0.2, -0.15) is 0 Å². The van der Waals surface area contributed by atoms with E-state index >= 15 is 0 Å². The van der Waals surface area contributed by atoms with Crippen molar-refractivity contribution in [3.05, 3.63) is 65.5 Å². The molecule has 2 aromatic carbocycles. The fourth-order valence-electron chi connectivity index (χ4n) is 2.42. The molecule has 0 aliphatic rings. The topological polar surface area (TPSA) is 30.2 Å². The number of hydrogen-bond acceptors (Lipinski definition) is 3. The molecular formula is C17H13N3S. The van der Waals surface area contributed by atoms with Gasteiger partial charge in [0.2, 0.25) is 4.96 Å². The summed E-state index contributed by atoms with van der Waals surface area (Å²) in [6, 6.07) is 18.7. The third-order valence-corrected chi connectivity index (χ3v) is 4.35. The summed E-state index contributed by atoms with van der Waals surface area (Å²) < 4.78 is 2.13. The molecule has 4 heteroatoms. The van der Waals surface area contributed by atoms with E-state index in [4.69, 9.17) is 0 Å². The Hall–Kier alpha value is -2.46. The Balaban J connectivity index is 1.95. The second kappa shape index (κ2) is 4.82. The second-order valence-corrected chi connectivity index (χ2v) is 5.83. The predicted molar refractivity (Wildman–Crippen MR) is 86.5 cm³/mol. The van der Waals surface area contributed by atoms with Crippen LogP contribution in [0.1, 0.15) is 5.56 Å². The summed E-state index contributed by atoms with van der Waals surface area (Å²) in [5.74, 6) is 0.891. The quantitative estimate of drug-likeness (QED) is 0.547. The number of aromatic nitrogens is 3. The number of benzene rings is 2. The zero-order valence-corrected chi connectivity index (χ0v) is 12.3. The summed E-state index contributed by atoms with van der Waals surface area (Å²) in [6.45, 7) is 2.10. The molecule has 21 heavy (non-hydrogen) atoms. The van der Waals surface area contributed by atoms with Crippen LogP contribution in [0.25, 0.3) is 27.6 Å². The number of fused-ring (bicyclic) bond motifs is 1. The number of rotatable bonds is 2. The molecule has 0 saturated carbocycles. The van der Waals surface area contributed by atoms with Gasteiger partial charge in [0.1, 0.15) is 0 Å². The van der Waals surface area contributed by atoms with Crippen molar-refractivity contribution in [2.45, 2.75) is 6.92 Å². The lowest BCUT2D eigenvalue weighted by molar-refractivity contribution is 1.11. The van der Waals surface area contributed by atoms with Gasteiger partial charge in [-0.1, -0.05) is 60.2 Å². The highest BCUT2D eigenvalue weighted by Crippen LogP contribution is 2.30. The van der Waals surface area contributed by atoms with E-state index in [1.807, 2.05) is 18.2 Å². The van der Waals surface area contributed by atoms with E-state index in [0.29, 0.717) is 0 Å². The minimum atomic E-state index is 0.891. The van der Waals surface area contributed by atoms with Gasteiger partial charge in [-0.25, -0.2) is 0 Å². The lowest BCUT2D eigenvalue weighted by atomic mass is 10.1. The summed E-state index contributed by atoms with van der Waals surface area (Å²) in [5, 5.41) is 10.8. The van der Waals surface area contributed by atoms with Gasteiger partial charge in [0, 0.05) is 10.9 Å². The highest BCUT2D eigenvalue weighted by atomic mass is 32.1. The average molecular weight is 291 g/mol. The molecule has 0 aliphatic carbocycles. The molecule has 0 atom stereocenters. The van der Waals surface area contributed by atoms with Gasteiger partial charge in [-0.15, -0.1) is 21.5 Å². The molecule has 102 valence electrons. The standard InChI is InChI=1S/C17H13N3S/c1-12-7-9-13(10-8-12)15-11-21-17-19-18-16(20(15)17)14-5-3-2-4-6-14/h2-11H,1H3. The molecule has 0 amide bonds. The Morgan fingerprint density at radius 2 is 1.62 bits per heavy atom. The van der Waals surface area contributed by atoms with E-state index < -0.39 is 0 Å². The monoisotopic (exact) mass is 291 g/mol. The van der Waals surface area contributed by atoms with Gasteiger partial charge in [0.15, 0.2) is 5.82 Å². The minimum Gasteiger partial charge on any atom is -0.265 e. The Kier molecular flexibility index (Phi) is 2.82. The predicted octanol–water partition coefficient (Wildman–Crippen LogP) is 4.43. The second-order valence-electron chi connectivity index (χ2n) is 4.99. The van der Waals surface area contributed by atoms with Gasteiger partial charge in [0.25, 0.3) is 0 Å². The molecule has 0 saturated heterocycles. The third kappa shape index (κ3) is 2.04. The van der Waals surface area contributed by atoms with Crippen molar-refractivity contribution in [1.29, 1.82) is 0 Å². The molecule has 0 unspecified atom stereocenters. The van der Waals surface area contributed by atoms with E-state index in [-0.39, 0.29) is 0 Å². The zero-order valence-electron chi connectivity index (χ0n) is 11.5. The zero-order chi connectivity index (χ0) is 14.2. The largest absolute Gasteiger partial charge is 0.265 e. The van der Waals surface area contributed by atoms with Gasteiger partial charge in [-0.3, -0.25) is 4.40 Å². The summed E-state index contributed by atoms with van der Waals surface area (Å²) in [7, 11) is 0. The summed E-state index contributed by atoms with van der Waals surface area (Å²) in [6.07, 6.45) is 0. The molecule has 0 N–H and O–H groups in total. The fraction of sp³-hybridized carbons (Fsp3) is 0.0588. The molecule has 0 spiro atoms. The highest BCUT2D eigenvalue weighted by molar-refractivity contribution is 7.15. The van der Waals surface area contributed by atoms with Crippen molar-refractivity contribution in [3.63, 3.8) is 0 Å². The molecule has 0 fully saturated rings. The third-order valence-electron chi connectivity index (χ3n) is 3.53. The van der Waals surface area contributed by atoms with Crippen LogP contribution in [0.15, 0.2) is 60.0 Å². The van der Waals surface area contributed by atoms with Gasteiger partial charge in [-0.05, 0) is 12.5 Å². The van der Waals surface area contributed by atoms with Crippen LogP contribution in [0, 0.1) is 6.92 Å². The SMILES string of the molecule is Cc1ccc(-c2csc3nnc(-c4ccccc4)n23)cc1.